The zero-order valence-corrected chi connectivity index (χ0v) is 15.6. The number of carbonyl (C=O) groups excluding carboxylic acids is 3. The molecule has 2 aliphatic rings. The average molecular weight is 389 g/mol. The van der Waals surface area contributed by atoms with Crippen LogP contribution in [0.1, 0.15) is 39.0 Å². The molecule has 0 unspecified atom stereocenters. The standard InChI is InChI=1S/C17H25BrO5/c1-16(15(21)23-3)11(6-7-18)8-17(9-14(20)22-2)12(10-19)4-5-13(16)17/h10-13H,4-9H2,1-3H3/t11-,12-,13-,16-,17-/m0/s1. The molecule has 5 nitrogen and oxygen atoms in total. The Bertz CT molecular complexity index is 493. The molecule has 23 heavy (non-hydrogen) atoms. The van der Waals surface area contributed by atoms with Crippen molar-refractivity contribution in [2.24, 2.45) is 28.6 Å². The topological polar surface area (TPSA) is 69.7 Å². The van der Waals surface area contributed by atoms with Crippen LogP contribution in [0.4, 0.5) is 0 Å². The highest BCUT2D eigenvalue weighted by Gasteiger charge is 2.68. The van der Waals surface area contributed by atoms with Crippen molar-refractivity contribution in [3.05, 3.63) is 0 Å². The third kappa shape index (κ3) is 2.73. The molecule has 130 valence electrons. The van der Waals surface area contributed by atoms with Gasteiger partial charge in [0.25, 0.3) is 0 Å². The lowest BCUT2D eigenvalue weighted by atomic mass is 9.66. The molecule has 0 bridgehead atoms. The summed E-state index contributed by atoms with van der Waals surface area (Å²) in [5.41, 5.74) is -1.14. The fourth-order valence-electron chi connectivity index (χ4n) is 5.26. The summed E-state index contributed by atoms with van der Waals surface area (Å²) in [7, 11) is 2.77. The summed E-state index contributed by atoms with van der Waals surface area (Å²) in [4.78, 5) is 36.3. The van der Waals surface area contributed by atoms with Gasteiger partial charge in [-0.3, -0.25) is 9.59 Å². The molecule has 0 aromatic carbocycles. The molecule has 2 rings (SSSR count). The van der Waals surface area contributed by atoms with Crippen molar-refractivity contribution in [3.63, 3.8) is 0 Å². The quantitative estimate of drug-likeness (QED) is 0.397. The van der Waals surface area contributed by atoms with E-state index in [0.29, 0.717) is 6.42 Å². The Kier molecular flexibility index (Phi) is 5.54. The maximum Gasteiger partial charge on any atom is 0.312 e. The predicted molar refractivity (Wildman–Crippen MR) is 88.0 cm³/mol. The Morgan fingerprint density at radius 2 is 1.96 bits per heavy atom. The van der Waals surface area contributed by atoms with Crippen molar-refractivity contribution < 1.29 is 23.9 Å². The maximum atomic E-state index is 12.6. The molecule has 2 saturated carbocycles. The van der Waals surface area contributed by atoms with Gasteiger partial charge in [-0.2, -0.15) is 0 Å². The largest absolute Gasteiger partial charge is 0.469 e. The van der Waals surface area contributed by atoms with Gasteiger partial charge in [-0.05, 0) is 49.9 Å². The average Bonchev–Trinajstić information content (AvgIpc) is 3.01. The third-order valence-corrected chi connectivity index (χ3v) is 6.80. The SMILES string of the molecule is COC(=O)C[C@]12C[C@H](CCBr)[C@](C)(C(=O)OC)[C@@H]1CC[C@H]2C=O. The van der Waals surface area contributed by atoms with Crippen LogP contribution in [0.5, 0.6) is 0 Å². The molecule has 0 aromatic heterocycles. The Balaban J connectivity index is 2.48. The van der Waals surface area contributed by atoms with Crippen molar-refractivity contribution in [1.82, 2.24) is 0 Å². The van der Waals surface area contributed by atoms with Gasteiger partial charge in [0.2, 0.25) is 0 Å². The molecule has 0 saturated heterocycles. The van der Waals surface area contributed by atoms with Crippen molar-refractivity contribution >= 4 is 34.2 Å². The van der Waals surface area contributed by atoms with E-state index in [9.17, 15) is 14.4 Å². The molecule has 0 heterocycles. The Hall–Kier alpha value is -0.910. The lowest BCUT2D eigenvalue weighted by Crippen LogP contribution is -2.41. The van der Waals surface area contributed by atoms with Crippen LogP contribution in [0.3, 0.4) is 0 Å². The summed E-state index contributed by atoms with van der Waals surface area (Å²) < 4.78 is 9.99. The van der Waals surface area contributed by atoms with Gasteiger partial charge >= 0.3 is 11.9 Å². The summed E-state index contributed by atoms with van der Waals surface area (Å²) in [5, 5.41) is 0.775. The second kappa shape index (κ2) is 6.91. The van der Waals surface area contributed by atoms with Crippen molar-refractivity contribution in [1.29, 1.82) is 0 Å². The Labute approximate surface area is 145 Å². The van der Waals surface area contributed by atoms with Gasteiger partial charge in [0.05, 0.1) is 26.1 Å². The second-order valence-corrected chi connectivity index (χ2v) is 7.80. The fourth-order valence-corrected chi connectivity index (χ4v) is 5.81. The molecule has 0 amide bonds. The number of hydrogen-bond donors (Lipinski definition) is 0. The molecule has 0 N–H and O–H groups in total. The lowest BCUT2D eigenvalue weighted by Gasteiger charge is -2.37. The minimum absolute atomic E-state index is 0.0270. The van der Waals surface area contributed by atoms with Crippen molar-refractivity contribution in [2.45, 2.75) is 39.0 Å². The molecular weight excluding hydrogens is 364 g/mol. The number of aldehydes is 1. The van der Waals surface area contributed by atoms with E-state index in [0.717, 1.165) is 30.9 Å². The van der Waals surface area contributed by atoms with E-state index in [-0.39, 0.29) is 36.1 Å². The van der Waals surface area contributed by atoms with E-state index in [1.807, 2.05) is 6.92 Å². The number of hydrogen-bond acceptors (Lipinski definition) is 5. The molecule has 0 spiro atoms. The van der Waals surface area contributed by atoms with Crippen LogP contribution in [0.15, 0.2) is 0 Å². The number of methoxy groups -OCH3 is 2. The lowest BCUT2D eigenvalue weighted by molar-refractivity contribution is -0.159. The fraction of sp³-hybridized carbons (Fsp3) is 0.824. The van der Waals surface area contributed by atoms with E-state index in [4.69, 9.17) is 9.47 Å². The zero-order valence-electron chi connectivity index (χ0n) is 14.0. The van der Waals surface area contributed by atoms with Gasteiger partial charge in [0, 0.05) is 11.2 Å². The number of carbonyl (C=O) groups is 3. The molecule has 0 radical (unpaired) electrons. The molecule has 0 aromatic rings. The number of fused-ring (bicyclic) bond motifs is 1. The Morgan fingerprint density at radius 1 is 1.26 bits per heavy atom. The maximum absolute atomic E-state index is 12.6. The van der Waals surface area contributed by atoms with E-state index >= 15 is 0 Å². The minimum Gasteiger partial charge on any atom is -0.469 e. The number of halogens is 1. The van der Waals surface area contributed by atoms with Crippen LogP contribution in [0, 0.1) is 28.6 Å². The molecule has 6 heteroatoms. The van der Waals surface area contributed by atoms with E-state index in [1.165, 1.54) is 14.2 Å². The van der Waals surface area contributed by atoms with Crippen LogP contribution in [0.25, 0.3) is 0 Å². The van der Waals surface area contributed by atoms with Crippen LogP contribution in [-0.4, -0.2) is 37.8 Å². The summed E-state index contributed by atoms with van der Waals surface area (Å²) in [6.07, 6.45) is 4.16. The van der Waals surface area contributed by atoms with Crippen LogP contribution in [0.2, 0.25) is 0 Å². The third-order valence-electron chi connectivity index (χ3n) is 6.35. The molecule has 5 atom stereocenters. The summed E-state index contributed by atoms with van der Waals surface area (Å²) >= 11 is 3.46. The van der Waals surface area contributed by atoms with Crippen LogP contribution >= 0.6 is 15.9 Å². The summed E-state index contributed by atoms with van der Waals surface area (Å²) in [5.74, 6) is -0.675. The first-order valence-corrected chi connectivity index (χ1v) is 9.19. The van der Waals surface area contributed by atoms with Crippen LogP contribution in [-0.2, 0) is 23.9 Å². The van der Waals surface area contributed by atoms with Gasteiger partial charge in [-0.1, -0.05) is 15.9 Å². The van der Waals surface area contributed by atoms with Crippen LogP contribution < -0.4 is 0 Å². The Morgan fingerprint density at radius 3 is 2.48 bits per heavy atom. The smallest absolute Gasteiger partial charge is 0.312 e. The number of rotatable bonds is 6. The second-order valence-electron chi connectivity index (χ2n) is 7.01. The number of esters is 2. The highest BCUT2D eigenvalue weighted by Crippen LogP contribution is 2.68. The molecular formula is C17H25BrO5. The van der Waals surface area contributed by atoms with Gasteiger partial charge in [-0.25, -0.2) is 0 Å². The predicted octanol–water partition coefficient (Wildman–Crippen LogP) is 2.75. The molecule has 0 aliphatic heterocycles. The van der Waals surface area contributed by atoms with E-state index < -0.39 is 10.8 Å². The minimum atomic E-state index is -0.658. The summed E-state index contributed by atoms with van der Waals surface area (Å²) in [6, 6.07) is 0. The van der Waals surface area contributed by atoms with E-state index in [2.05, 4.69) is 15.9 Å². The molecule has 2 fully saturated rings. The van der Waals surface area contributed by atoms with Crippen molar-refractivity contribution in [3.8, 4) is 0 Å². The van der Waals surface area contributed by atoms with Gasteiger partial charge < -0.3 is 14.3 Å². The first-order chi connectivity index (χ1) is 10.9. The highest BCUT2D eigenvalue weighted by atomic mass is 79.9. The van der Waals surface area contributed by atoms with Crippen molar-refractivity contribution in [2.75, 3.05) is 19.5 Å². The number of ether oxygens (including phenoxy) is 2. The van der Waals surface area contributed by atoms with Gasteiger partial charge in [0.15, 0.2) is 0 Å². The first kappa shape index (κ1) is 18.4. The zero-order chi connectivity index (χ0) is 17.3. The van der Waals surface area contributed by atoms with E-state index in [1.54, 1.807) is 0 Å². The van der Waals surface area contributed by atoms with Gasteiger partial charge in [-0.15, -0.1) is 0 Å². The number of alkyl halides is 1. The monoisotopic (exact) mass is 388 g/mol. The highest BCUT2D eigenvalue weighted by molar-refractivity contribution is 9.09. The van der Waals surface area contributed by atoms with Gasteiger partial charge in [0.1, 0.15) is 6.29 Å². The summed E-state index contributed by atoms with van der Waals surface area (Å²) in [6.45, 7) is 1.95. The first-order valence-electron chi connectivity index (χ1n) is 8.07. The normalized spacial score (nSPS) is 38.9. The molecule has 2 aliphatic carbocycles.